The fourth-order valence-corrected chi connectivity index (χ4v) is 1.44. The minimum Gasteiger partial charge on any atom is -0.480 e. The van der Waals surface area contributed by atoms with Gasteiger partial charge < -0.3 is 10.4 Å². The Hall–Kier alpha value is -2.48. The number of likely N-dealkylation sites (N-methyl/N-ethyl adjacent to an activating group) is 1. The second-order valence-corrected chi connectivity index (χ2v) is 5.07. The second kappa shape index (κ2) is 6.31. The van der Waals surface area contributed by atoms with E-state index in [9.17, 15) is 19.7 Å². The van der Waals surface area contributed by atoms with E-state index in [2.05, 4.69) is 5.32 Å². The van der Waals surface area contributed by atoms with Crippen molar-refractivity contribution >= 4 is 23.3 Å². The number of carboxylic acid groups (broad SMARTS) is 1. The molecule has 0 spiro atoms. The number of nitrogens with zero attached hydrogens (tertiary/aromatic N) is 2. The number of aliphatic carboxylic acids is 1. The van der Waals surface area contributed by atoms with E-state index in [4.69, 9.17) is 5.11 Å². The monoisotopic (exact) mass is 295 g/mol. The zero-order valence-electron chi connectivity index (χ0n) is 12.0. The number of carbonyl (C=O) groups is 2. The summed E-state index contributed by atoms with van der Waals surface area (Å²) in [6.07, 6.45) is 0. The van der Waals surface area contributed by atoms with E-state index in [1.807, 2.05) is 0 Å². The van der Waals surface area contributed by atoms with E-state index in [1.54, 1.807) is 0 Å². The first-order valence-electron chi connectivity index (χ1n) is 6.13. The van der Waals surface area contributed by atoms with E-state index >= 15 is 0 Å². The SMILES string of the molecule is CN(CC(=O)Nc1ccc([N+](=O)[O-])cc1)C(C)(C)C(=O)O. The van der Waals surface area contributed by atoms with Crippen molar-refractivity contribution in [1.82, 2.24) is 4.90 Å². The van der Waals surface area contributed by atoms with Crippen LogP contribution in [0.1, 0.15) is 13.8 Å². The van der Waals surface area contributed by atoms with Crippen LogP contribution >= 0.6 is 0 Å². The van der Waals surface area contributed by atoms with Gasteiger partial charge in [0.2, 0.25) is 5.91 Å². The maximum absolute atomic E-state index is 11.8. The fraction of sp³-hybridized carbons (Fsp3) is 0.385. The van der Waals surface area contributed by atoms with Gasteiger partial charge in [0.1, 0.15) is 5.54 Å². The summed E-state index contributed by atoms with van der Waals surface area (Å²) >= 11 is 0. The van der Waals surface area contributed by atoms with Gasteiger partial charge in [-0.05, 0) is 33.0 Å². The second-order valence-electron chi connectivity index (χ2n) is 5.07. The van der Waals surface area contributed by atoms with Crippen LogP contribution < -0.4 is 5.32 Å². The van der Waals surface area contributed by atoms with Crippen LogP contribution in [0.3, 0.4) is 0 Å². The van der Waals surface area contributed by atoms with Gasteiger partial charge in [0.15, 0.2) is 0 Å². The van der Waals surface area contributed by atoms with Crippen LogP contribution in [0.5, 0.6) is 0 Å². The molecule has 0 saturated heterocycles. The molecule has 0 fully saturated rings. The van der Waals surface area contributed by atoms with Gasteiger partial charge in [0.05, 0.1) is 11.5 Å². The van der Waals surface area contributed by atoms with Crippen LogP contribution in [0.4, 0.5) is 11.4 Å². The van der Waals surface area contributed by atoms with Crippen molar-refractivity contribution in [3.63, 3.8) is 0 Å². The lowest BCUT2D eigenvalue weighted by Crippen LogP contribution is -2.50. The highest BCUT2D eigenvalue weighted by molar-refractivity contribution is 5.92. The molecule has 0 bridgehead atoms. The van der Waals surface area contributed by atoms with Crippen LogP contribution in [-0.4, -0.2) is 45.9 Å². The quantitative estimate of drug-likeness (QED) is 0.604. The average molecular weight is 295 g/mol. The number of amides is 1. The number of nitro groups is 1. The first-order chi connectivity index (χ1) is 9.64. The molecule has 8 heteroatoms. The lowest BCUT2D eigenvalue weighted by Gasteiger charge is -2.30. The van der Waals surface area contributed by atoms with Gasteiger partial charge in [0, 0.05) is 17.8 Å². The zero-order chi connectivity index (χ0) is 16.2. The highest BCUT2D eigenvalue weighted by atomic mass is 16.6. The summed E-state index contributed by atoms with van der Waals surface area (Å²) in [6, 6.07) is 5.39. The van der Waals surface area contributed by atoms with E-state index in [0.29, 0.717) is 5.69 Å². The van der Waals surface area contributed by atoms with Gasteiger partial charge in [0.25, 0.3) is 5.69 Å². The summed E-state index contributed by atoms with van der Waals surface area (Å²) in [7, 11) is 1.53. The summed E-state index contributed by atoms with van der Waals surface area (Å²) in [4.78, 5) is 34.3. The molecule has 1 aromatic rings. The maximum Gasteiger partial charge on any atom is 0.323 e. The van der Waals surface area contributed by atoms with Crippen molar-refractivity contribution in [2.75, 3.05) is 18.9 Å². The van der Waals surface area contributed by atoms with Crippen LogP contribution in [0.2, 0.25) is 0 Å². The van der Waals surface area contributed by atoms with Crippen molar-refractivity contribution in [1.29, 1.82) is 0 Å². The van der Waals surface area contributed by atoms with Gasteiger partial charge in [-0.15, -0.1) is 0 Å². The Balaban J connectivity index is 2.65. The largest absolute Gasteiger partial charge is 0.480 e. The van der Waals surface area contributed by atoms with Crippen LogP contribution in [-0.2, 0) is 9.59 Å². The zero-order valence-corrected chi connectivity index (χ0v) is 12.0. The molecular weight excluding hydrogens is 278 g/mol. The molecular formula is C13H17N3O5. The lowest BCUT2D eigenvalue weighted by molar-refractivity contribution is -0.384. The Kier molecular flexibility index (Phi) is 4.98. The Morgan fingerprint density at radius 3 is 2.29 bits per heavy atom. The number of anilines is 1. The Labute approximate surface area is 121 Å². The molecule has 1 aromatic carbocycles. The third-order valence-electron chi connectivity index (χ3n) is 3.22. The molecule has 0 radical (unpaired) electrons. The van der Waals surface area contributed by atoms with Crippen LogP contribution in [0, 0.1) is 10.1 Å². The first kappa shape index (κ1) is 16.6. The van der Waals surface area contributed by atoms with E-state index in [-0.39, 0.29) is 12.2 Å². The number of rotatable bonds is 6. The van der Waals surface area contributed by atoms with Crippen molar-refractivity contribution in [2.45, 2.75) is 19.4 Å². The van der Waals surface area contributed by atoms with Gasteiger partial charge >= 0.3 is 5.97 Å². The standard InChI is InChI=1S/C13H17N3O5/c1-13(2,12(18)19)15(3)8-11(17)14-9-4-6-10(7-5-9)16(20)21/h4-7H,8H2,1-3H3,(H,14,17)(H,18,19). The summed E-state index contributed by atoms with van der Waals surface area (Å²) in [6.45, 7) is 2.87. The third-order valence-corrected chi connectivity index (χ3v) is 3.22. The average Bonchev–Trinajstić information content (AvgIpc) is 2.38. The number of carboxylic acids is 1. The molecule has 0 aliphatic carbocycles. The number of nitro benzene ring substituents is 1. The summed E-state index contributed by atoms with van der Waals surface area (Å²) in [5.74, 6) is -1.44. The van der Waals surface area contributed by atoms with Gasteiger partial charge in [-0.1, -0.05) is 0 Å². The molecule has 0 heterocycles. The predicted octanol–water partition coefficient (Wildman–Crippen LogP) is 1.33. The molecule has 8 nitrogen and oxygen atoms in total. The van der Waals surface area contributed by atoms with Gasteiger partial charge in [-0.3, -0.25) is 24.6 Å². The van der Waals surface area contributed by atoms with Crippen molar-refractivity contribution in [3.05, 3.63) is 34.4 Å². The maximum atomic E-state index is 11.8. The normalized spacial score (nSPS) is 11.2. The molecule has 21 heavy (non-hydrogen) atoms. The first-order valence-corrected chi connectivity index (χ1v) is 6.13. The van der Waals surface area contributed by atoms with Crippen LogP contribution in [0.15, 0.2) is 24.3 Å². The number of benzene rings is 1. The Bertz CT molecular complexity index is 553. The van der Waals surface area contributed by atoms with E-state index < -0.39 is 22.3 Å². The molecule has 0 aromatic heterocycles. The molecule has 0 saturated carbocycles. The van der Waals surface area contributed by atoms with Crippen LogP contribution in [0.25, 0.3) is 0 Å². The van der Waals surface area contributed by atoms with E-state index in [0.717, 1.165) is 0 Å². The number of hydrogen-bond acceptors (Lipinski definition) is 5. The van der Waals surface area contributed by atoms with Crippen molar-refractivity contribution < 1.29 is 19.6 Å². The number of nitrogens with one attached hydrogen (secondary N) is 1. The van der Waals surface area contributed by atoms with Crippen molar-refractivity contribution in [3.8, 4) is 0 Å². The molecule has 0 unspecified atom stereocenters. The lowest BCUT2D eigenvalue weighted by atomic mass is 10.0. The summed E-state index contributed by atoms with van der Waals surface area (Å²) < 4.78 is 0. The van der Waals surface area contributed by atoms with Gasteiger partial charge in [-0.2, -0.15) is 0 Å². The summed E-state index contributed by atoms with van der Waals surface area (Å²) in [5, 5.41) is 22.1. The number of hydrogen-bond donors (Lipinski definition) is 2. The highest BCUT2D eigenvalue weighted by Crippen LogP contribution is 2.16. The topological polar surface area (TPSA) is 113 Å². The van der Waals surface area contributed by atoms with Gasteiger partial charge in [-0.25, -0.2) is 0 Å². The van der Waals surface area contributed by atoms with Crippen molar-refractivity contribution in [2.24, 2.45) is 0 Å². The number of non-ortho nitro benzene ring substituents is 1. The van der Waals surface area contributed by atoms with E-state index in [1.165, 1.54) is 50.1 Å². The summed E-state index contributed by atoms with van der Waals surface area (Å²) in [5.41, 5.74) is -0.837. The third kappa shape index (κ3) is 4.25. The molecule has 1 rings (SSSR count). The molecule has 114 valence electrons. The molecule has 0 aliphatic rings. The Morgan fingerprint density at radius 1 is 1.33 bits per heavy atom. The molecule has 0 atom stereocenters. The molecule has 0 aliphatic heterocycles. The number of carbonyl (C=O) groups excluding carboxylic acids is 1. The Morgan fingerprint density at radius 2 is 1.86 bits per heavy atom. The predicted molar refractivity (Wildman–Crippen MR) is 76.1 cm³/mol. The smallest absolute Gasteiger partial charge is 0.323 e. The highest BCUT2D eigenvalue weighted by Gasteiger charge is 2.32. The fourth-order valence-electron chi connectivity index (χ4n) is 1.44. The minimum absolute atomic E-state index is 0.0721. The minimum atomic E-state index is -1.17. The molecule has 1 amide bonds. The molecule has 2 N–H and O–H groups in total.